The third-order valence-corrected chi connectivity index (χ3v) is 2.48. The number of imidazole rings is 1. The monoisotopic (exact) mass is 225 g/mol. The Morgan fingerprint density at radius 1 is 1.40 bits per heavy atom. The van der Waals surface area contributed by atoms with Crippen LogP contribution in [0.1, 0.15) is 5.82 Å². The Morgan fingerprint density at radius 3 is 2.93 bits per heavy atom. The van der Waals surface area contributed by atoms with E-state index in [0.717, 1.165) is 23.5 Å². The van der Waals surface area contributed by atoms with Crippen molar-refractivity contribution in [2.75, 3.05) is 13.7 Å². The van der Waals surface area contributed by atoms with Gasteiger partial charge < -0.3 is 9.30 Å². The van der Waals surface area contributed by atoms with Crippen LogP contribution in [0.4, 0.5) is 0 Å². The van der Waals surface area contributed by atoms with Gasteiger partial charge in [0.05, 0.1) is 6.61 Å². The summed E-state index contributed by atoms with van der Waals surface area (Å²) in [5, 5.41) is 0.487. The summed E-state index contributed by atoms with van der Waals surface area (Å²) in [6.45, 7) is 3.33. The number of methoxy groups -OCH3 is 1. The molecule has 5 heteroatoms. The number of ether oxygens (including phenoxy) is 1. The molecule has 2 heterocycles. The van der Waals surface area contributed by atoms with Crippen LogP contribution in [-0.2, 0) is 11.3 Å². The molecule has 0 N–H and O–H groups in total. The van der Waals surface area contributed by atoms with Crippen molar-refractivity contribution < 1.29 is 4.74 Å². The van der Waals surface area contributed by atoms with Gasteiger partial charge in [-0.2, -0.15) is 0 Å². The Balaban J connectivity index is 2.50. The highest BCUT2D eigenvalue weighted by Crippen LogP contribution is 2.16. The molecule has 0 fully saturated rings. The van der Waals surface area contributed by atoms with Crippen LogP contribution in [0.2, 0.25) is 5.15 Å². The number of aromatic nitrogens is 3. The van der Waals surface area contributed by atoms with E-state index in [4.69, 9.17) is 16.3 Å². The van der Waals surface area contributed by atoms with E-state index >= 15 is 0 Å². The molecular weight excluding hydrogens is 214 g/mol. The van der Waals surface area contributed by atoms with Gasteiger partial charge in [-0.3, -0.25) is 0 Å². The molecule has 2 aromatic heterocycles. The average Bonchev–Trinajstić information content (AvgIpc) is 2.51. The fraction of sp³-hybridized carbons (Fsp3) is 0.400. The first kappa shape index (κ1) is 10.4. The standard InChI is InChI=1S/C10H12ClN3O/c1-7-12-8-3-4-9(11)13-10(8)14(7)5-6-15-2/h3-4H,5-6H2,1-2H3. The lowest BCUT2D eigenvalue weighted by Crippen LogP contribution is -2.06. The molecule has 0 spiro atoms. The molecule has 0 radical (unpaired) electrons. The Bertz CT molecular complexity index is 481. The van der Waals surface area contributed by atoms with Gasteiger partial charge in [-0.25, -0.2) is 9.97 Å². The van der Waals surface area contributed by atoms with Gasteiger partial charge in [-0.15, -0.1) is 0 Å². The van der Waals surface area contributed by atoms with E-state index in [9.17, 15) is 0 Å². The number of aryl methyl sites for hydroxylation is 1. The maximum absolute atomic E-state index is 5.85. The lowest BCUT2D eigenvalue weighted by atomic mass is 10.4. The number of pyridine rings is 1. The lowest BCUT2D eigenvalue weighted by Gasteiger charge is -2.04. The fourth-order valence-electron chi connectivity index (χ4n) is 1.54. The first-order valence-electron chi connectivity index (χ1n) is 4.70. The molecule has 2 rings (SSSR count). The number of hydrogen-bond donors (Lipinski definition) is 0. The Morgan fingerprint density at radius 2 is 2.20 bits per heavy atom. The summed E-state index contributed by atoms with van der Waals surface area (Å²) in [6.07, 6.45) is 0. The lowest BCUT2D eigenvalue weighted by molar-refractivity contribution is 0.187. The topological polar surface area (TPSA) is 39.9 Å². The number of hydrogen-bond acceptors (Lipinski definition) is 3. The quantitative estimate of drug-likeness (QED) is 0.751. The predicted octanol–water partition coefficient (Wildman–Crippen LogP) is 2.04. The molecule has 0 amide bonds. The molecule has 0 aliphatic heterocycles. The smallest absolute Gasteiger partial charge is 0.161 e. The van der Waals surface area contributed by atoms with Crippen LogP contribution >= 0.6 is 11.6 Å². The molecule has 0 aliphatic rings. The second kappa shape index (κ2) is 4.16. The molecule has 4 nitrogen and oxygen atoms in total. The molecule has 0 saturated heterocycles. The zero-order valence-corrected chi connectivity index (χ0v) is 9.45. The highest BCUT2D eigenvalue weighted by molar-refractivity contribution is 6.29. The van der Waals surface area contributed by atoms with Crippen LogP contribution in [-0.4, -0.2) is 28.3 Å². The molecule has 15 heavy (non-hydrogen) atoms. The first-order valence-corrected chi connectivity index (χ1v) is 5.08. The van der Waals surface area contributed by atoms with Gasteiger partial charge in [-0.05, 0) is 19.1 Å². The third-order valence-electron chi connectivity index (χ3n) is 2.27. The SMILES string of the molecule is COCCn1c(C)nc2ccc(Cl)nc21. The van der Waals surface area contributed by atoms with Crippen LogP contribution in [0, 0.1) is 6.92 Å². The van der Waals surface area contributed by atoms with E-state index in [2.05, 4.69) is 9.97 Å². The summed E-state index contributed by atoms with van der Waals surface area (Å²) in [4.78, 5) is 8.65. The number of nitrogens with zero attached hydrogens (tertiary/aromatic N) is 3. The van der Waals surface area contributed by atoms with Crippen molar-refractivity contribution in [3.63, 3.8) is 0 Å². The van der Waals surface area contributed by atoms with E-state index in [1.807, 2.05) is 17.6 Å². The summed E-state index contributed by atoms with van der Waals surface area (Å²) < 4.78 is 7.04. The predicted molar refractivity (Wildman–Crippen MR) is 59.2 cm³/mol. The van der Waals surface area contributed by atoms with Gasteiger partial charge in [0.1, 0.15) is 16.5 Å². The minimum Gasteiger partial charge on any atom is -0.383 e. The van der Waals surface area contributed by atoms with Gasteiger partial charge in [0, 0.05) is 13.7 Å². The highest BCUT2D eigenvalue weighted by atomic mass is 35.5. The Hall–Kier alpha value is -1.13. The largest absolute Gasteiger partial charge is 0.383 e. The van der Waals surface area contributed by atoms with Crippen molar-refractivity contribution in [2.45, 2.75) is 13.5 Å². The van der Waals surface area contributed by atoms with Crippen molar-refractivity contribution in [3.05, 3.63) is 23.1 Å². The van der Waals surface area contributed by atoms with Gasteiger partial charge in [-0.1, -0.05) is 11.6 Å². The maximum atomic E-state index is 5.85. The summed E-state index contributed by atoms with van der Waals surface area (Å²) in [7, 11) is 1.68. The zero-order chi connectivity index (χ0) is 10.8. The zero-order valence-electron chi connectivity index (χ0n) is 8.70. The molecule has 0 unspecified atom stereocenters. The number of halogens is 1. The normalized spacial score (nSPS) is 11.1. The number of fused-ring (bicyclic) bond motifs is 1. The maximum Gasteiger partial charge on any atom is 0.161 e. The van der Waals surface area contributed by atoms with E-state index in [1.165, 1.54) is 0 Å². The van der Waals surface area contributed by atoms with Gasteiger partial charge in [0.15, 0.2) is 5.65 Å². The van der Waals surface area contributed by atoms with Crippen molar-refractivity contribution in [3.8, 4) is 0 Å². The minimum atomic E-state index is 0.487. The summed E-state index contributed by atoms with van der Waals surface area (Å²) in [6, 6.07) is 3.62. The summed E-state index contributed by atoms with van der Waals surface area (Å²) in [5.41, 5.74) is 1.69. The minimum absolute atomic E-state index is 0.487. The van der Waals surface area contributed by atoms with Crippen LogP contribution in [0.15, 0.2) is 12.1 Å². The molecule has 0 saturated carbocycles. The summed E-state index contributed by atoms with van der Waals surface area (Å²) >= 11 is 5.85. The second-order valence-electron chi connectivity index (χ2n) is 3.28. The van der Waals surface area contributed by atoms with Crippen molar-refractivity contribution in [2.24, 2.45) is 0 Å². The van der Waals surface area contributed by atoms with Gasteiger partial charge in [0.2, 0.25) is 0 Å². The van der Waals surface area contributed by atoms with Crippen molar-refractivity contribution >= 4 is 22.8 Å². The third kappa shape index (κ3) is 1.96. The molecule has 0 aliphatic carbocycles. The highest BCUT2D eigenvalue weighted by Gasteiger charge is 2.08. The average molecular weight is 226 g/mol. The van der Waals surface area contributed by atoms with E-state index in [0.29, 0.717) is 11.8 Å². The van der Waals surface area contributed by atoms with Crippen LogP contribution in [0.3, 0.4) is 0 Å². The van der Waals surface area contributed by atoms with E-state index in [-0.39, 0.29) is 0 Å². The van der Waals surface area contributed by atoms with E-state index < -0.39 is 0 Å². The Labute approximate surface area is 92.8 Å². The number of rotatable bonds is 3. The fourth-order valence-corrected chi connectivity index (χ4v) is 1.69. The molecule has 2 aromatic rings. The molecule has 0 atom stereocenters. The van der Waals surface area contributed by atoms with Crippen molar-refractivity contribution in [1.82, 2.24) is 14.5 Å². The molecular formula is C10H12ClN3O. The van der Waals surface area contributed by atoms with Gasteiger partial charge >= 0.3 is 0 Å². The second-order valence-corrected chi connectivity index (χ2v) is 3.67. The Kier molecular flexibility index (Phi) is 2.88. The van der Waals surface area contributed by atoms with Crippen LogP contribution < -0.4 is 0 Å². The van der Waals surface area contributed by atoms with E-state index in [1.54, 1.807) is 13.2 Å². The van der Waals surface area contributed by atoms with Gasteiger partial charge in [0.25, 0.3) is 0 Å². The van der Waals surface area contributed by atoms with Crippen molar-refractivity contribution in [1.29, 1.82) is 0 Å². The first-order chi connectivity index (χ1) is 7.22. The van der Waals surface area contributed by atoms with Crippen LogP contribution in [0.25, 0.3) is 11.2 Å². The molecule has 0 bridgehead atoms. The summed E-state index contributed by atoms with van der Waals surface area (Å²) in [5.74, 6) is 0.928. The molecule has 80 valence electrons. The molecule has 0 aromatic carbocycles. The van der Waals surface area contributed by atoms with Crippen LogP contribution in [0.5, 0.6) is 0 Å².